The number of benzene rings is 1. The van der Waals surface area contributed by atoms with Crippen LogP contribution in [0.15, 0.2) is 29.2 Å². The Balaban J connectivity index is 2.34. The van der Waals surface area contributed by atoms with Gasteiger partial charge in [-0.2, -0.15) is 0 Å². The average molecular weight is 331 g/mol. The van der Waals surface area contributed by atoms with Gasteiger partial charge >= 0.3 is 0 Å². The van der Waals surface area contributed by atoms with Crippen molar-refractivity contribution in [3.63, 3.8) is 0 Å². The monoisotopic (exact) mass is 330 g/mol. The fourth-order valence-corrected chi connectivity index (χ4v) is 2.63. The summed E-state index contributed by atoms with van der Waals surface area (Å²) < 4.78 is 4.82. The first-order chi connectivity index (χ1) is 10.0. The van der Waals surface area contributed by atoms with Crippen LogP contribution in [0.4, 0.5) is 0 Å². The van der Waals surface area contributed by atoms with E-state index in [0.717, 1.165) is 4.90 Å². The summed E-state index contributed by atoms with van der Waals surface area (Å²) in [4.78, 5) is 24.2. The molecule has 1 unspecified atom stereocenters. The van der Waals surface area contributed by atoms with Crippen LogP contribution in [0.3, 0.4) is 0 Å². The van der Waals surface area contributed by atoms with Gasteiger partial charge in [0.2, 0.25) is 11.8 Å². The van der Waals surface area contributed by atoms with Crippen LogP contribution in [0.1, 0.15) is 6.92 Å². The maximum Gasteiger partial charge on any atom is 0.239 e. The van der Waals surface area contributed by atoms with E-state index in [1.807, 2.05) is 18.2 Å². The molecule has 116 valence electrons. The fraction of sp³-hybridized carbons (Fsp3) is 0.429. The molecule has 7 heteroatoms. The van der Waals surface area contributed by atoms with Gasteiger partial charge < -0.3 is 15.4 Å². The number of rotatable bonds is 8. The highest BCUT2D eigenvalue weighted by Crippen LogP contribution is 2.29. The molecule has 0 aliphatic carbocycles. The molecule has 0 fully saturated rings. The zero-order valence-electron chi connectivity index (χ0n) is 12.0. The molecule has 0 spiro atoms. The summed E-state index contributed by atoms with van der Waals surface area (Å²) in [6, 6.07) is 7.33. The molecule has 0 aliphatic rings. The first-order valence-electron chi connectivity index (χ1n) is 6.49. The lowest BCUT2D eigenvalue weighted by molar-refractivity contribution is -0.125. The Morgan fingerprint density at radius 3 is 2.71 bits per heavy atom. The van der Waals surface area contributed by atoms with E-state index < -0.39 is 0 Å². The van der Waals surface area contributed by atoms with Gasteiger partial charge in [0, 0.05) is 18.6 Å². The molecule has 0 bridgehead atoms. The lowest BCUT2D eigenvalue weighted by atomic mass is 10.4. The van der Waals surface area contributed by atoms with Crippen molar-refractivity contribution in [3.8, 4) is 0 Å². The van der Waals surface area contributed by atoms with Crippen molar-refractivity contribution in [1.82, 2.24) is 10.6 Å². The van der Waals surface area contributed by atoms with Crippen molar-refractivity contribution in [2.24, 2.45) is 0 Å². The third-order valence-electron chi connectivity index (χ3n) is 2.56. The third kappa shape index (κ3) is 6.84. The standard InChI is InChI=1S/C14H19ClN2O3S/c1-10(21-12-6-4-3-5-11(12)15)14(19)17-9-13(18)16-7-8-20-2/h3-6,10H,7-9H2,1-2H3,(H,16,18)(H,17,19). The summed E-state index contributed by atoms with van der Waals surface area (Å²) in [5.74, 6) is -0.447. The van der Waals surface area contributed by atoms with E-state index >= 15 is 0 Å². The second-order valence-corrected chi connectivity index (χ2v) is 6.04. The van der Waals surface area contributed by atoms with Gasteiger partial charge in [-0.3, -0.25) is 9.59 Å². The molecule has 0 aromatic heterocycles. The van der Waals surface area contributed by atoms with Crippen LogP contribution in [-0.2, 0) is 14.3 Å². The highest BCUT2D eigenvalue weighted by atomic mass is 35.5. The maximum atomic E-state index is 11.9. The Labute approximate surface area is 133 Å². The molecule has 2 N–H and O–H groups in total. The number of hydrogen-bond donors (Lipinski definition) is 2. The van der Waals surface area contributed by atoms with Crippen molar-refractivity contribution in [2.45, 2.75) is 17.1 Å². The van der Waals surface area contributed by atoms with Crippen molar-refractivity contribution < 1.29 is 14.3 Å². The lowest BCUT2D eigenvalue weighted by Crippen LogP contribution is -2.40. The summed E-state index contributed by atoms with van der Waals surface area (Å²) in [7, 11) is 1.56. The predicted octanol–water partition coefficient (Wildman–Crippen LogP) is 1.70. The zero-order valence-corrected chi connectivity index (χ0v) is 13.6. The molecule has 0 radical (unpaired) electrons. The van der Waals surface area contributed by atoms with E-state index in [-0.39, 0.29) is 23.6 Å². The Bertz CT molecular complexity index is 485. The van der Waals surface area contributed by atoms with Crippen molar-refractivity contribution in [3.05, 3.63) is 29.3 Å². The second-order valence-electron chi connectivity index (χ2n) is 4.25. The van der Waals surface area contributed by atoms with Gasteiger partial charge in [0.1, 0.15) is 0 Å². The number of amides is 2. The SMILES string of the molecule is COCCNC(=O)CNC(=O)C(C)Sc1ccccc1Cl. The van der Waals surface area contributed by atoms with Crippen molar-refractivity contribution in [1.29, 1.82) is 0 Å². The molecule has 21 heavy (non-hydrogen) atoms. The van der Waals surface area contributed by atoms with Crippen LogP contribution < -0.4 is 10.6 Å². The van der Waals surface area contributed by atoms with Gasteiger partial charge in [0.25, 0.3) is 0 Å². The molecule has 5 nitrogen and oxygen atoms in total. The molecule has 1 aromatic carbocycles. The van der Waals surface area contributed by atoms with Gasteiger partial charge in [-0.05, 0) is 19.1 Å². The average Bonchev–Trinajstić information content (AvgIpc) is 2.47. The predicted molar refractivity (Wildman–Crippen MR) is 84.7 cm³/mol. The molecule has 0 heterocycles. The molecule has 0 saturated heterocycles. The van der Waals surface area contributed by atoms with E-state index in [2.05, 4.69) is 10.6 Å². The van der Waals surface area contributed by atoms with Crippen molar-refractivity contribution >= 4 is 35.2 Å². The molecular weight excluding hydrogens is 312 g/mol. The molecule has 2 amide bonds. The molecule has 1 rings (SSSR count). The number of carbonyl (C=O) groups excluding carboxylic acids is 2. The number of carbonyl (C=O) groups is 2. The minimum absolute atomic E-state index is 0.0457. The van der Waals surface area contributed by atoms with Gasteiger partial charge in [-0.25, -0.2) is 0 Å². The Hall–Kier alpha value is -1.24. The van der Waals surface area contributed by atoms with E-state index in [1.165, 1.54) is 11.8 Å². The Morgan fingerprint density at radius 2 is 2.05 bits per heavy atom. The number of thioether (sulfide) groups is 1. The number of methoxy groups -OCH3 is 1. The molecule has 1 atom stereocenters. The number of hydrogen-bond acceptors (Lipinski definition) is 4. The molecule has 0 saturated carbocycles. The normalized spacial score (nSPS) is 11.8. The molecular formula is C14H19ClN2O3S. The highest BCUT2D eigenvalue weighted by Gasteiger charge is 2.16. The number of ether oxygens (including phenoxy) is 1. The minimum Gasteiger partial charge on any atom is -0.383 e. The van der Waals surface area contributed by atoms with Crippen LogP contribution in [0.2, 0.25) is 5.02 Å². The van der Waals surface area contributed by atoms with E-state index in [4.69, 9.17) is 16.3 Å². The summed E-state index contributed by atoms with van der Waals surface area (Å²) in [5.41, 5.74) is 0. The van der Waals surface area contributed by atoms with Gasteiger partial charge in [-0.1, -0.05) is 23.7 Å². The smallest absolute Gasteiger partial charge is 0.239 e. The Morgan fingerprint density at radius 1 is 1.33 bits per heavy atom. The second kappa shape index (κ2) is 9.65. The van der Waals surface area contributed by atoms with Crippen LogP contribution in [0.5, 0.6) is 0 Å². The van der Waals surface area contributed by atoms with Crippen LogP contribution in [-0.4, -0.2) is 43.9 Å². The van der Waals surface area contributed by atoms with E-state index in [1.54, 1.807) is 20.1 Å². The van der Waals surface area contributed by atoms with E-state index in [0.29, 0.717) is 18.2 Å². The quantitative estimate of drug-likeness (QED) is 0.562. The highest BCUT2D eigenvalue weighted by molar-refractivity contribution is 8.00. The van der Waals surface area contributed by atoms with Crippen LogP contribution >= 0.6 is 23.4 Å². The summed E-state index contributed by atoms with van der Waals surface area (Å²) in [6.07, 6.45) is 0. The zero-order chi connectivity index (χ0) is 15.7. The first kappa shape index (κ1) is 17.8. The summed E-state index contributed by atoms with van der Waals surface area (Å²) >= 11 is 7.40. The largest absolute Gasteiger partial charge is 0.383 e. The van der Waals surface area contributed by atoms with E-state index in [9.17, 15) is 9.59 Å². The van der Waals surface area contributed by atoms with Crippen molar-refractivity contribution in [2.75, 3.05) is 26.8 Å². The first-order valence-corrected chi connectivity index (χ1v) is 7.75. The minimum atomic E-state index is -0.336. The topological polar surface area (TPSA) is 67.4 Å². The fourth-order valence-electron chi connectivity index (χ4n) is 1.45. The number of halogens is 1. The summed E-state index contributed by atoms with van der Waals surface area (Å²) in [6.45, 7) is 2.59. The molecule has 1 aromatic rings. The number of nitrogens with one attached hydrogen (secondary N) is 2. The van der Waals surface area contributed by atoms with Crippen LogP contribution in [0, 0.1) is 0 Å². The van der Waals surface area contributed by atoms with Gasteiger partial charge in [-0.15, -0.1) is 11.8 Å². The molecule has 0 aliphatic heterocycles. The lowest BCUT2D eigenvalue weighted by Gasteiger charge is -2.12. The maximum absolute atomic E-state index is 11.9. The van der Waals surface area contributed by atoms with Gasteiger partial charge in [0.15, 0.2) is 0 Å². The summed E-state index contributed by atoms with van der Waals surface area (Å²) in [5, 5.41) is 5.50. The Kier molecular flexibility index (Phi) is 8.19. The van der Waals surface area contributed by atoms with Gasteiger partial charge in [0.05, 0.1) is 23.4 Å². The third-order valence-corrected chi connectivity index (χ3v) is 4.18. The van der Waals surface area contributed by atoms with Crippen LogP contribution in [0.25, 0.3) is 0 Å².